The van der Waals surface area contributed by atoms with Crippen LogP contribution in [0.5, 0.6) is 5.75 Å². The highest BCUT2D eigenvalue weighted by Gasteiger charge is 2.17. The molecule has 0 aromatic heterocycles. The Kier molecular flexibility index (Phi) is 4.66. The van der Waals surface area contributed by atoms with Crippen molar-refractivity contribution in [1.82, 2.24) is 0 Å². The largest absolute Gasteiger partial charge is 0.490 e. The number of hydrogen-bond donors (Lipinski definition) is 0. The van der Waals surface area contributed by atoms with E-state index in [0.717, 1.165) is 6.29 Å². The monoisotopic (exact) mass is 255 g/mol. The van der Waals surface area contributed by atoms with Crippen LogP contribution in [0.15, 0.2) is 18.2 Å². The molecule has 0 N–H and O–H groups in total. The van der Waals surface area contributed by atoms with Gasteiger partial charge in [-0.1, -0.05) is 23.8 Å². The summed E-state index contributed by atoms with van der Waals surface area (Å²) < 4.78 is 4.86. The molecule has 0 spiro atoms. The van der Waals surface area contributed by atoms with Gasteiger partial charge in [-0.2, -0.15) is 0 Å². The number of methoxy groups -OCH3 is 1. The van der Waals surface area contributed by atoms with Gasteiger partial charge in [-0.15, -0.1) is 0 Å². The third-order valence-electron chi connectivity index (χ3n) is 2.02. The van der Waals surface area contributed by atoms with Gasteiger partial charge in [0.15, 0.2) is 5.75 Å². The summed E-state index contributed by atoms with van der Waals surface area (Å²) in [7, 11) is 1.33. The van der Waals surface area contributed by atoms with Gasteiger partial charge in [0.2, 0.25) is 0 Å². The molecule has 1 rings (SSSR count). The van der Waals surface area contributed by atoms with E-state index in [2.05, 4.69) is 0 Å². The third-order valence-corrected chi connectivity index (χ3v) is 2.35. The number of carbonyl (C=O) groups is 1. The molecule has 0 heterocycles. The second kappa shape index (κ2) is 6.00. The second-order valence-electron chi connectivity index (χ2n) is 3.11. The summed E-state index contributed by atoms with van der Waals surface area (Å²) in [5, 5.41) is 11.1. The summed E-state index contributed by atoms with van der Waals surface area (Å²) in [6, 6.07) is 2.68. The van der Waals surface area contributed by atoms with Crippen molar-refractivity contribution in [2.75, 3.05) is 7.11 Å². The number of carbonyl (C=O) groups excluding carboxylic acids is 1. The van der Waals surface area contributed by atoms with Gasteiger partial charge in [0, 0.05) is 18.6 Å². The second-order valence-corrected chi connectivity index (χ2v) is 3.51. The SMILES string of the molecule is COc1cc(Cl)c(C=CCC=O)cc1[N+](=O)[O-]. The average molecular weight is 256 g/mol. The van der Waals surface area contributed by atoms with Crippen molar-refractivity contribution in [2.24, 2.45) is 0 Å². The molecule has 1 aromatic carbocycles. The number of halogens is 1. The molecule has 0 saturated heterocycles. The lowest BCUT2D eigenvalue weighted by Crippen LogP contribution is -1.94. The molecule has 5 nitrogen and oxygen atoms in total. The molecule has 0 aliphatic rings. The normalized spacial score (nSPS) is 10.5. The zero-order valence-corrected chi connectivity index (χ0v) is 9.81. The predicted molar refractivity (Wildman–Crippen MR) is 64.4 cm³/mol. The first-order valence-electron chi connectivity index (χ1n) is 4.72. The Hall–Kier alpha value is -1.88. The van der Waals surface area contributed by atoms with Gasteiger partial charge in [0.1, 0.15) is 6.29 Å². The number of nitro groups is 1. The molecule has 0 aliphatic heterocycles. The lowest BCUT2D eigenvalue weighted by molar-refractivity contribution is -0.385. The average Bonchev–Trinajstić information content (AvgIpc) is 2.30. The van der Waals surface area contributed by atoms with Crippen molar-refractivity contribution in [1.29, 1.82) is 0 Å². The maximum atomic E-state index is 10.8. The fraction of sp³-hybridized carbons (Fsp3) is 0.182. The predicted octanol–water partition coefficient (Wildman–Crippen LogP) is 2.86. The van der Waals surface area contributed by atoms with Crippen LogP contribution in [0.3, 0.4) is 0 Å². The summed E-state index contributed by atoms with van der Waals surface area (Å²) in [4.78, 5) is 20.4. The molecule has 0 bridgehead atoms. The Morgan fingerprint density at radius 1 is 1.53 bits per heavy atom. The van der Waals surface area contributed by atoms with E-state index in [0.29, 0.717) is 10.6 Å². The molecular weight excluding hydrogens is 246 g/mol. The number of ether oxygens (including phenoxy) is 1. The highest BCUT2D eigenvalue weighted by Crippen LogP contribution is 2.33. The van der Waals surface area contributed by atoms with Crippen molar-refractivity contribution in [2.45, 2.75) is 6.42 Å². The Labute approximate surface area is 103 Å². The van der Waals surface area contributed by atoms with Crippen LogP contribution in [0.2, 0.25) is 5.02 Å². The van der Waals surface area contributed by atoms with Crippen LogP contribution in [0, 0.1) is 10.1 Å². The van der Waals surface area contributed by atoms with Crippen molar-refractivity contribution in [3.8, 4) is 5.75 Å². The number of aldehydes is 1. The van der Waals surface area contributed by atoms with Crippen LogP contribution < -0.4 is 4.74 Å². The standard InChI is InChI=1S/C11H10ClNO4/c1-17-11-7-9(12)8(4-2-3-5-14)6-10(11)13(15)16/h2,4-7H,3H2,1H3. The first kappa shape index (κ1) is 13.2. The first-order chi connectivity index (χ1) is 8.10. The number of hydrogen-bond acceptors (Lipinski definition) is 4. The van der Waals surface area contributed by atoms with Gasteiger partial charge in [0.05, 0.1) is 17.1 Å². The fourth-order valence-corrected chi connectivity index (χ4v) is 1.46. The number of nitro benzene ring substituents is 1. The number of rotatable bonds is 5. The molecule has 0 radical (unpaired) electrons. The minimum Gasteiger partial charge on any atom is -0.490 e. The lowest BCUT2D eigenvalue weighted by atomic mass is 10.1. The summed E-state index contributed by atoms with van der Waals surface area (Å²) in [6.45, 7) is 0. The van der Waals surface area contributed by atoms with Gasteiger partial charge in [-0.3, -0.25) is 10.1 Å². The minimum atomic E-state index is -0.549. The molecule has 0 unspecified atom stereocenters. The van der Waals surface area contributed by atoms with Gasteiger partial charge in [-0.05, 0) is 5.56 Å². The minimum absolute atomic E-state index is 0.104. The topological polar surface area (TPSA) is 69.4 Å². The number of allylic oxidation sites excluding steroid dienone is 1. The van der Waals surface area contributed by atoms with E-state index >= 15 is 0 Å². The Balaban J connectivity index is 3.19. The zero-order chi connectivity index (χ0) is 12.8. The summed E-state index contributed by atoms with van der Waals surface area (Å²) in [6.07, 6.45) is 4.09. The Morgan fingerprint density at radius 3 is 2.76 bits per heavy atom. The number of nitrogens with zero attached hydrogens (tertiary/aromatic N) is 1. The maximum absolute atomic E-state index is 10.8. The smallest absolute Gasteiger partial charge is 0.311 e. The number of benzene rings is 1. The summed E-state index contributed by atoms with van der Waals surface area (Å²) in [5.74, 6) is 0.104. The molecule has 0 atom stereocenters. The molecular formula is C11H10ClNO4. The lowest BCUT2D eigenvalue weighted by Gasteiger charge is -2.04. The van der Waals surface area contributed by atoms with Gasteiger partial charge < -0.3 is 9.53 Å². The van der Waals surface area contributed by atoms with E-state index in [-0.39, 0.29) is 17.9 Å². The molecule has 6 heteroatoms. The molecule has 17 heavy (non-hydrogen) atoms. The molecule has 0 fully saturated rings. The van der Waals surface area contributed by atoms with Crippen molar-refractivity contribution < 1.29 is 14.5 Å². The molecule has 0 amide bonds. The first-order valence-corrected chi connectivity index (χ1v) is 5.10. The van der Waals surface area contributed by atoms with E-state index in [1.165, 1.54) is 19.2 Å². The summed E-state index contributed by atoms with van der Waals surface area (Å²) >= 11 is 5.92. The van der Waals surface area contributed by atoms with E-state index in [1.54, 1.807) is 12.2 Å². The van der Waals surface area contributed by atoms with Gasteiger partial charge in [0.25, 0.3) is 0 Å². The highest BCUT2D eigenvalue weighted by molar-refractivity contribution is 6.32. The quantitative estimate of drug-likeness (QED) is 0.461. The van der Waals surface area contributed by atoms with Crippen LogP contribution >= 0.6 is 11.6 Å². The third kappa shape index (κ3) is 3.29. The molecule has 1 aromatic rings. The van der Waals surface area contributed by atoms with E-state index < -0.39 is 4.92 Å². The highest BCUT2D eigenvalue weighted by atomic mass is 35.5. The van der Waals surface area contributed by atoms with Crippen LogP contribution in [-0.4, -0.2) is 18.3 Å². The van der Waals surface area contributed by atoms with Crippen molar-refractivity contribution in [3.05, 3.63) is 38.9 Å². The van der Waals surface area contributed by atoms with Crippen LogP contribution in [0.1, 0.15) is 12.0 Å². The van der Waals surface area contributed by atoms with E-state index in [4.69, 9.17) is 16.3 Å². The van der Waals surface area contributed by atoms with Crippen LogP contribution in [-0.2, 0) is 4.79 Å². The van der Waals surface area contributed by atoms with Gasteiger partial charge >= 0.3 is 5.69 Å². The Morgan fingerprint density at radius 2 is 2.24 bits per heavy atom. The maximum Gasteiger partial charge on any atom is 0.311 e. The Bertz CT molecular complexity index is 471. The van der Waals surface area contributed by atoms with E-state index in [1.807, 2.05) is 0 Å². The van der Waals surface area contributed by atoms with Crippen molar-refractivity contribution in [3.63, 3.8) is 0 Å². The molecule has 0 aliphatic carbocycles. The van der Waals surface area contributed by atoms with Crippen molar-refractivity contribution >= 4 is 29.7 Å². The van der Waals surface area contributed by atoms with Gasteiger partial charge in [-0.25, -0.2) is 0 Å². The molecule has 90 valence electrons. The summed E-state index contributed by atoms with van der Waals surface area (Å²) in [5.41, 5.74) is 0.309. The van der Waals surface area contributed by atoms with Crippen LogP contribution in [0.4, 0.5) is 5.69 Å². The van der Waals surface area contributed by atoms with Crippen LogP contribution in [0.25, 0.3) is 6.08 Å². The van der Waals surface area contributed by atoms with E-state index in [9.17, 15) is 14.9 Å². The zero-order valence-electron chi connectivity index (χ0n) is 9.05. The molecule has 0 saturated carbocycles. The fourth-order valence-electron chi connectivity index (χ4n) is 1.24.